The molecule has 4 N–H and O–H groups in total. The third-order valence-electron chi connectivity index (χ3n) is 9.66. The van der Waals surface area contributed by atoms with Gasteiger partial charge < -0.3 is 20.8 Å². The fourth-order valence-electron chi connectivity index (χ4n) is 6.04. The van der Waals surface area contributed by atoms with Crippen LogP contribution in [0.25, 0.3) is 45.2 Å². The van der Waals surface area contributed by atoms with Gasteiger partial charge in [0.2, 0.25) is 0 Å². The predicted molar refractivity (Wildman–Crippen MR) is 226 cm³/mol. The van der Waals surface area contributed by atoms with Crippen LogP contribution >= 0.6 is 15.9 Å². The van der Waals surface area contributed by atoms with Gasteiger partial charge >= 0.3 is 7.12 Å². The first-order chi connectivity index (χ1) is 26.8. The van der Waals surface area contributed by atoms with Crippen LogP contribution in [0.5, 0.6) is 0 Å². The van der Waals surface area contributed by atoms with Crippen LogP contribution < -0.4 is 16.9 Å². The summed E-state index contributed by atoms with van der Waals surface area (Å²) >= 11 is 3.22. The number of aryl methyl sites for hydroxylation is 2. The van der Waals surface area contributed by atoms with E-state index in [0.717, 1.165) is 66.5 Å². The first-order valence-electron chi connectivity index (χ1n) is 18.0. The number of fused-ring (bicyclic) bond motifs is 2. The highest BCUT2D eigenvalue weighted by molar-refractivity contribution is 9.10. The molecule has 1 aliphatic heterocycles. The molecule has 0 unspecified atom stereocenters. The lowest BCUT2D eigenvalue weighted by Gasteiger charge is -2.32. The van der Waals surface area contributed by atoms with Crippen molar-refractivity contribution >= 4 is 50.9 Å². The molecule has 0 bridgehead atoms. The number of nitrogens with two attached hydrogens (primary N) is 2. The normalized spacial score (nSPS) is 14.2. The third-order valence-corrected chi connectivity index (χ3v) is 10.1. The maximum Gasteiger partial charge on any atom is 0.496 e. The van der Waals surface area contributed by atoms with Gasteiger partial charge in [0.15, 0.2) is 11.6 Å². The number of nitrogens with zero attached hydrogens (tertiary/aromatic N) is 8. The lowest BCUT2D eigenvalue weighted by atomic mass is 9.80. The van der Waals surface area contributed by atoms with Crippen LogP contribution in [0.4, 0.5) is 11.4 Å². The van der Waals surface area contributed by atoms with E-state index in [9.17, 15) is 0 Å². The van der Waals surface area contributed by atoms with Gasteiger partial charge in [-0.15, -0.1) is 0 Å². The van der Waals surface area contributed by atoms with Gasteiger partial charge in [-0.2, -0.15) is 0 Å². The Morgan fingerprint density at radius 1 is 0.607 bits per heavy atom. The summed E-state index contributed by atoms with van der Waals surface area (Å²) in [5, 5.41) is 0. The monoisotopic (exact) mass is 808 g/mol. The maximum absolute atomic E-state index is 6.17. The van der Waals surface area contributed by atoms with Crippen LogP contribution in [-0.2, 0) is 9.31 Å². The van der Waals surface area contributed by atoms with Crippen molar-refractivity contribution in [3.63, 3.8) is 0 Å². The Morgan fingerprint density at radius 3 is 1.66 bits per heavy atom. The van der Waals surface area contributed by atoms with Gasteiger partial charge in [-0.1, -0.05) is 24.3 Å². The number of halogens is 1. The lowest BCUT2D eigenvalue weighted by Crippen LogP contribution is -2.41. The quantitative estimate of drug-likeness (QED) is 0.168. The highest BCUT2D eigenvalue weighted by atomic mass is 79.9. The van der Waals surface area contributed by atoms with Gasteiger partial charge in [0, 0.05) is 64.2 Å². The van der Waals surface area contributed by atoms with Crippen molar-refractivity contribution in [3.8, 4) is 34.2 Å². The van der Waals surface area contributed by atoms with E-state index < -0.39 is 7.12 Å². The molecule has 9 rings (SSSR count). The number of anilines is 2. The molecule has 0 spiro atoms. The van der Waals surface area contributed by atoms with Gasteiger partial charge in [0.1, 0.15) is 11.4 Å². The zero-order valence-corrected chi connectivity index (χ0v) is 33.6. The molecule has 1 saturated heterocycles. The van der Waals surface area contributed by atoms with Crippen molar-refractivity contribution in [2.45, 2.75) is 52.7 Å². The molecule has 9 heterocycles. The van der Waals surface area contributed by atoms with E-state index in [1.807, 2.05) is 114 Å². The summed E-state index contributed by atoms with van der Waals surface area (Å²) in [4.78, 5) is 26.2. The molecule has 0 saturated carbocycles. The van der Waals surface area contributed by atoms with E-state index in [4.69, 9.17) is 20.8 Å². The average molecular weight is 810 g/mol. The Morgan fingerprint density at radius 2 is 1.14 bits per heavy atom. The second-order valence-electron chi connectivity index (χ2n) is 14.5. The predicted octanol–water partition coefficient (Wildman–Crippen LogP) is 7.78. The topological polar surface area (TPSA) is 157 Å². The van der Waals surface area contributed by atoms with E-state index in [2.05, 4.69) is 73.5 Å². The Hall–Kier alpha value is -5.96. The minimum Gasteiger partial charge on any atom is -0.399 e. The number of rotatable bonds is 4. The number of aromatic nitrogens is 8. The zero-order chi connectivity index (χ0) is 39.6. The van der Waals surface area contributed by atoms with E-state index in [0.29, 0.717) is 11.4 Å². The number of pyridine rings is 6. The maximum atomic E-state index is 6.17. The molecular formula is C42H42BBrN10O2. The summed E-state index contributed by atoms with van der Waals surface area (Å²) in [6.45, 7) is 12.2. The molecule has 8 aromatic heterocycles. The second kappa shape index (κ2) is 15.7. The summed E-state index contributed by atoms with van der Waals surface area (Å²) < 4.78 is 17.3. The van der Waals surface area contributed by atoms with Crippen LogP contribution in [0.1, 0.15) is 39.1 Å². The fourth-order valence-corrected chi connectivity index (χ4v) is 6.43. The van der Waals surface area contributed by atoms with E-state index in [1.54, 1.807) is 30.9 Å². The molecule has 0 radical (unpaired) electrons. The summed E-state index contributed by atoms with van der Waals surface area (Å²) in [7, 11) is -0.393. The standard InChI is InChI=1S/C19H22BN3O2.C18H15N5.C5H5BrN2/c1-13-7-6-8-16(22-13)17-21-11-15-10-9-14(12-23(15)17)20-24-18(2,3)19(4,5)25-20;1-12-3-2-4-17(22-12)18-21-10-16-6-5-13(11-23(16)18)14-7-15(19)9-20-8-14;6-4-1-5(7)3-8-2-4/h6-12H,1-5H3;2-11H,19H2,1H3;1-3H,7H2. The smallest absolute Gasteiger partial charge is 0.399 e. The second-order valence-corrected chi connectivity index (χ2v) is 15.4. The van der Waals surface area contributed by atoms with Crippen LogP contribution in [0.2, 0.25) is 0 Å². The Labute approximate surface area is 334 Å². The zero-order valence-electron chi connectivity index (χ0n) is 32.1. The Kier molecular flexibility index (Phi) is 10.7. The fraction of sp³-hybridized carbons (Fsp3) is 0.190. The van der Waals surface area contributed by atoms with Crippen molar-refractivity contribution in [2.75, 3.05) is 11.5 Å². The van der Waals surface area contributed by atoms with Crippen molar-refractivity contribution in [1.29, 1.82) is 0 Å². The van der Waals surface area contributed by atoms with Crippen molar-refractivity contribution in [1.82, 2.24) is 38.7 Å². The number of imidazole rings is 2. The summed E-state index contributed by atoms with van der Waals surface area (Å²) in [5.41, 5.74) is 20.5. The number of hydrogen-bond donors (Lipinski definition) is 2. The molecule has 0 aromatic carbocycles. The molecule has 282 valence electrons. The molecule has 1 aliphatic rings. The Balaban J connectivity index is 0.000000144. The first kappa shape index (κ1) is 38.3. The highest BCUT2D eigenvalue weighted by Crippen LogP contribution is 2.36. The van der Waals surface area contributed by atoms with Crippen LogP contribution in [0.3, 0.4) is 0 Å². The van der Waals surface area contributed by atoms with E-state index in [-0.39, 0.29) is 11.2 Å². The molecular weight excluding hydrogens is 767 g/mol. The summed E-state index contributed by atoms with van der Waals surface area (Å²) in [5.74, 6) is 1.64. The van der Waals surface area contributed by atoms with Crippen LogP contribution in [-0.4, -0.2) is 57.0 Å². The van der Waals surface area contributed by atoms with Crippen molar-refractivity contribution in [2.24, 2.45) is 0 Å². The molecule has 0 aliphatic carbocycles. The SMILES string of the molecule is Cc1cccc(-c2ncc3ccc(-c4cncc(N)c4)cn23)n1.Cc1cccc(-c2ncc3ccc(B4OC(C)(C)C(C)(C)O4)cn23)n1.Nc1cncc(Br)c1. The van der Waals surface area contributed by atoms with Crippen molar-refractivity contribution in [3.05, 3.63) is 138 Å². The van der Waals surface area contributed by atoms with Crippen LogP contribution in [0, 0.1) is 13.8 Å². The van der Waals surface area contributed by atoms with E-state index in [1.165, 1.54) is 0 Å². The first-order valence-corrected chi connectivity index (χ1v) is 18.8. The van der Waals surface area contributed by atoms with Crippen LogP contribution in [0.15, 0.2) is 127 Å². The summed E-state index contributed by atoms with van der Waals surface area (Å²) in [6.07, 6.45) is 14.5. The highest BCUT2D eigenvalue weighted by Gasteiger charge is 2.51. The molecule has 0 atom stereocenters. The minimum atomic E-state index is -0.393. The molecule has 0 amide bonds. The molecule has 1 fully saturated rings. The van der Waals surface area contributed by atoms with Gasteiger partial charge in [-0.3, -0.25) is 18.8 Å². The van der Waals surface area contributed by atoms with Gasteiger partial charge in [0.05, 0.1) is 46.0 Å². The number of nitrogen functional groups attached to an aromatic ring is 2. The molecule has 56 heavy (non-hydrogen) atoms. The summed E-state index contributed by atoms with van der Waals surface area (Å²) in [6, 6.07) is 23.7. The van der Waals surface area contributed by atoms with Gasteiger partial charge in [-0.25, -0.2) is 19.9 Å². The minimum absolute atomic E-state index is 0.359. The molecule has 8 aromatic rings. The van der Waals surface area contributed by atoms with E-state index >= 15 is 0 Å². The lowest BCUT2D eigenvalue weighted by molar-refractivity contribution is 0.00578. The molecule has 14 heteroatoms. The van der Waals surface area contributed by atoms with Gasteiger partial charge in [0.25, 0.3) is 0 Å². The van der Waals surface area contributed by atoms with Crippen molar-refractivity contribution < 1.29 is 9.31 Å². The largest absolute Gasteiger partial charge is 0.496 e. The average Bonchev–Trinajstić information content (AvgIpc) is 3.84. The molecule has 12 nitrogen and oxygen atoms in total. The third kappa shape index (κ3) is 8.32. The Bertz CT molecular complexity index is 2630. The number of hydrogen-bond acceptors (Lipinski definition) is 10. The van der Waals surface area contributed by atoms with Gasteiger partial charge in [-0.05, 0) is 111 Å².